The summed E-state index contributed by atoms with van der Waals surface area (Å²) in [6.07, 6.45) is 4.32. The molecule has 1 aliphatic rings. The van der Waals surface area contributed by atoms with Crippen LogP contribution in [0.25, 0.3) is 11.6 Å². The highest BCUT2D eigenvalue weighted by Gasteiger charge is 2.34. The Balaban J connectivity index is 1.90. The van der Waals surface area contributed by atoms with E-state index in [1.807, 2.05) is 60.7 Å². The second kappa shape index (κ2) is 7.53. The molecule has 0 radical (unpaired) electrons. The summed E-state index contributed by atoms with van der Waals surface area (Å²) in [5.41, 5.74) is 1.46. The largest absolute Gasteiger partial charge is 0.496 e. The van der Waals surface area contributed by atoms with Gasteiger partial charge in [0.25, 0.3) is 5.91 Å². The second-order valence-corrected chi connectivity index (χ2v) is 6.43. The van der Waals surface area contributed by atoms with Crippen molar-refractivity contribution in [1.82, 2.24) is 5.32 Å². The molecule has 2 aromatic rings. The smallest absolute Gasteiger partial charge is 0.252 e. The lowest BCUT2D eigenvalue weighted by Gasteiger charge is -2.36. The van der Waals surface area contributed by atoms with Gasteiger partial charge in [-0.25, -0.2) is 0 Å². The number of benzene rings is 2. The van der Waals surface area contributed by atoms with Crippen LogP contribution in [0.3, 0.4) is 0 Å². The first-order valence-electron chi connectivity index (χ1n) is 8.52. The normalized spacial score (nSPS) is 16.0. The van der Waals surface area contributed by atoms with Gasteiger partial charge in [-0.1, -0.05) is 48.5 Å². The third kappa shape index (κ3) is 4.09. The lowest BCUT2D eigenvalue weighted by atomic mass is 9.80. The highest BCUT2D eigenvalue weighted by atomic mass is 16.5. The van der Waals surface area contributed by atoms with Crippen molar-refractivity contribution in [2.24, 2.45) is 0 Å². The summed E-state index contributed by atoms with van der Waals surface area (Å²) in [5, 5.41) is 13.1. The Kier molecular flexibility index (Phi) is 5.19. The molecule has 0 saturated heterocycles. The molecule has 0 bridgehead atoms. The lowest BCUT2D eigenvalue weighted by molar-refractivity contribution is -0.118. The minimum absolute atomic E-state index is 0.197. The zero-order chi connectivity index (χ0) is 17.7. The van der Waals surface area contributed by atoms with Crippen LogP contribution in [0.15, 0.2) is 54.6 Å². The number of rotatable bonds is 6. The molecule has 2 aromatic carbocycles. The predicted octanol–water partition coefficient (Wildman–Crippen LogP) is 3.27. The van der Waals surface area contributed by atoms with Gasteiger partial charge in [0.2, 0.25) is 0 Å². The van der Waals surface area contributed by atoms with Gasteiger partial charge in [0.1, 0.15) is 5.75 Å². The van der Waals surface area contributed by atoms with Crippen LogP contribution in [-0.4, -0.2) is 30.3 Å². The monoisotopic (exact) mass is 337 g/mol. The number of para-hydroxylation sites is 1. The van der Waals surface area contributed by atoms with Gasteiger partial charge in [0.15, 0.2) is 0 Å². The third-order valence-electron chi connectivity index (χ3n) is 4.63. The first-order valence-corrected chi connectivity index (χ1v) is 8.52. The van der Waals surface area contributed by atoms with E-state index in [9.17, 15) is 9.90 Å². The molecule has 1 fully saturated rings. The van der Waals surface area contributed by atoms with Crippen LogP contribution in [0, 0.1) is 0 Å². The summed E-state index contributed by atoms with van der Waals surface area (Å²) >= 11 is 0. The van der Waals surface area contributed by atoms with Crippen molar-refractivity contribution in [3.8, 4) is 5.75 Å². The van der Waals surface area contributed by atoms with Crippen molar-refractivity contribution in [3.63, 3.8) is 0 Å². The summed E-state index contributed by atoms with van der Waals surface area (Å²) < 4.78 is 5.39. The van der Waals surface area contributed by atoms with Crippen molar-refractivity contribution in [3.05, 3.63) is 65.7 Å². The maximum absolute atomic E-state index is 12.8. The van der Waals surface area contributed by atoms with Crippen LogP contribution >= 0.6 is 0 Å². The molecule has 0 spiro atoms. The number of carbonyl (C=O) groups is 1. The van der Waals surface area contributed by atoms with Crippen LogP contribution in [0.5, 0.6) is 5.75 Å². The highest BCUT2D eigenvalue weighted by molar-refractivity contribution is 6.24. The predicted molar refractivity (Wildman–Crippen MR) is 99.1 cm³/mol. The van der Waals surface area contributed by atoms with E-state index in [1.165, 1.54) is 0 Å². The van der Waals surface area contributed by atoms with Gasteiger partial charge >= 0.3 is 0 Å². The Morgan fingerprint density at radius 1 is 1.16 bits per heavy atom. The molecule has 2 N–H and O–H groups in total. The van der Waals surface area contributed by atoms with Gasteiger partial charge in [-0.05, 0) is 37.0 Å². The van der Waals surface area contributed by atoms with E-state index < -0.39 is 5.60 Å². The fourth-order valence-corrected chi connectivity index (χ4v) is 2.94. The van der Waals surface area contributed by atoms with E-state index in [0.717, 1.165) is 30.4 Å². The van der Waals surface area contributed by atoms with E-state index in [1.54, 1.807) is 7.11 Å². The second-order valence-electron chi connectivity index (χ2n) is 6.43. The van der Waals surface area contributed by atoms with Crippen LogP contribution in [0.4, 0.5) is 0 Å². The average Bonchev–Trinajstić information content (AvgIpc) is 2.63. The number of ether oxygens (including phenoxy) is 1. The fraction of sp³-hybridized carbons (Fsp3) is 0.286. The van der Waals surface area contributed by atoms with E-state index >= 15 is 0 Å². The Morgan fingerprint density at radius 3 is 2.48 bits per heavy atom. The molecule has 4 nitrogen and oxygen atoms in total. The van der Waals surface area contributed by atoms with Crippen LogP contribution < -0.4 is 10.1 Å². The zero-order valence-corrected chi connectivity index (χ0v) is 14.4. The Hall–Kier alpha value is -2.59. The van der Waals surface area contributed by atoms with Gasteiger partial charge in [-0.15, -0.1) is 0 Å². The van der Waals surface area contributed by atoms with Gasteiger partial charge in [0.05, 0.1) is 12.7 Å². The van der Waals surface area contributed by atoms with E-state index in [-0.39, 0.29) is 12.5 Å². The van der Waals surface area contributed by atoms with Crippen molar-refractivity contribution >= 4 is 17.6 Å². The standard InChI is InChI=1S/C21H23NO3/c1-25-19-11-6-5-10-17(19)14-18(16-8-3-2-4-9-16)20(23)22-15-21(24)12-7-13-21/h2-6,8-11,14,24H,7,12-13,15H2,1H3,(H,22,23). The summed E-state index contributed by atoms with van der Waals surface area (Å²) in [6.45, 7) is 0.280. The summed E-state index contributed by atoms with van der Waals surface area (Å²) in [5.74, 6) is 0.513. The zero-order valence-electron chi connectivity index (χ0n) is 14.4. The highest BCUT2D eigenvalue weighted by Crippen LogP contribution is 2.31. The van der Waals surface area contributed by atoms with Crippen molar-refractivity contribution in [2.45, 2.75) is 24.9 Å². The number of hydrogen-bond acceptors (Lipinski definition) is 3. The fourth-order valence-electron chi connectivity index (χ4n) is 2.94. The lowest BCUT2D eigenvalue weighted by Crippen LogP contribution is -2.47. The Morgan fingerprint density at radius 2 is 1.84 bits per heavy atom. The molecule has 0 aromatic heterocycles. The third-order valence-corrected chi connectivity index (χ3v) is 4.63. The van der Waals surface area contributed by atoms with Gasteiger partial charge in [-0.2, -0.15) is 0 Å². The minimum atomic E-state index is -0.748. The van der Waals surface area contributed by atoms with E-state index in [4.69, 9.17) is 4.74 Å². The summed E-state index contributed by atoms with van der Waals surface area (Å²) in [6, 6.07) is 17.1. The number of amides is 1. The molecule has 4 heteroatoms. The first-order chi connectivity index (χ1) is 12.1. The summed E-state index contributed by atoms with van der Waals surface area (Å²) in [7, 11) is 1.61. The van der Waals surface area contributed by atoms with Crippen LogP contribution in [0.1, 0.15) is 30.4 Å². The van der Waals surface area contributed by atoms with Crippen LogP contribution in [-0.2, 0) is 4.79 Å². The Bertz CT molecular complexity index is 764. The first kappa shape index (κ1) is 17.2. The maximum atomic E-state index is 12.8. The van der Waals surface area contributed by atoms with E-state index in [0.29, 0.717) is 11.3 Å². The number of aliphatic hydroxyl groups is 1. The molecule has 130 valence electrons. The molecule has 25 heavy (non-hydrogen) atoms. The molecule has 1 aliphatic carbocycles. The van der Waals surface area contributed by atoms with Gasteiger partial charge < -0.3 is 15.2 Å². The SMILES string of the molecule is COc1ccccc1C=C(C(=O)NCC1(O)CCC1)c1ccccc1. The van der Waals surface area contributed by atoms with Gasteiger partial charge in [0, 0.05) is 17.7 Å². The number of methoxy groups -OCH3 is 1. The molecular formula is C21H23NO3. The van der Waals surface area contributed by atoms with Crippen molar-refractivity contribution < 1.29 is 14.6 Å². The molecule has 0 heterocycles. The van der Waals surface area contributed by atoms with Crippen LogP contribution in [0.2, 0.25) is 0 Å². The van der Waals surface area contributed by atoms with Crippen molar-refractivity contribution in [1.29, 1.82) is 0 Å². The minimum Gasteiger partial charge on any atom is -0.496 e. The molecule has 1 saturated carbocycles. The number of hydrogen-bond donors (Lipinski definition) is 2. The van der Waals surface area contributed by atoms with E-state index in [2.05, 4.69) is 5.32 Å². The molecule has 0 aliphatic heterocycles. The molecule has 0 unspecified atom stereocenters. The topological polar surface area (TPSA) is 58.6 Å². The molecule has 0 atom stereocenters. The van der Waals surface area contributed by atoms with Gasteiger partial charge in [-0.3, -0.25) is 4.79 Å². The Labute approximate surface area is 148 Å². The number of nitrogens with one attached hydrogen (secondary N) is 1. The molecule has 3 rings (SSSR count). The number of carbonyl (C=O) groups excluding carboxylic acids is 1. The summed E-state index contributed by atoms with van der Waals surface area (Å²) in [4.78, 5) is 12.8. The maximum Gasteiger partial charge on any atom is 0.252 e. The molecule has 1 amide bonds. The quantitative estimate of drug-likeness (QED) is 0.628. The molecular weight excluding hydrogens is 314 g/mol. The van der Waals surface area contributed by atoms with Crippen molar-refractivity contribution in [2.75, 3.05) is 13.7 Å². The average molecular weight is 337 g/mol.